The van der Waals surface area contributed by atoms with Gasteiger partial charge < -0.3 is 0 Å². The van der Waals surface area contributed by atoms with Crippen LogP contribution in [-0.2, 0) is 0 Å². The molecule has 0 saturated heterocycles. The maximum absolute atomic E-state index is 13.5. The molecule has 25 heavy (non-hydrogen) atoms. The van der Waals surface area contributed by atoms with Crippen molar-refractivity contribution in [3.8, 4) is 0 Å². The average molecular weight is 456 g/mol. The summed E-state index contributed by atoms with van der Waals surface area (Å²) in [6.45, 7) is 2.18. The average Bonchev–Trinajstić information content (AvgIpc) is 2.56. The minimum absolute atomic E-state index is 0.378. The van der Waals surface area contributed by atoms with Gasteiger partial charge in [-0.3, -0.25) is 0 Å². The van der Waals surface area contributed by atoms with Crippen LogP contribution < -0.4 is 4.40 Å². The topological polar surface area (TPSA) is 0 Å². The molecule has 0 amide bonds. The fraction of sp³-hybridized carbons (Fsp3) is 0.579. The van der Waals surface area contributed by atoms with Gasteiger partial charge in [-0.05, 0) is 0 Å². The van der Waals surface area contributed by atoms with Crippen LogP contribution in [0.4, 0.5) is 13.2 Å². The molecule has 0 aliphatic carbocycles. The first-order valence-corrected chi connectivity index (χ1v) is 16.6. The standard InChI is InChI=1S/C19H27Cl2F3Ge/c1-2-3-4-5-6-7-8-9-13-16-18(19(22,23)24)25(20,21)17-14-11-10-12-15-17/h10-12,14-16H,2-9,13H2,1H3/b18-16+. The number of hydrogen-bond donors (Lipinski definition) is 0. The van der Waals surface area contributed by atoms with Crippen molar-refractivity contribution >= 4 is 35.8 Å². The zero-order chi connectivity index (χ0) is 18.8. The number of rotatable bonds is 11. The molecule has 0 radical (unpaired) electrons. The van der Waals surface area contributed by atoms with E-state index >= 15 is 0 Å². The van der Waals surface area contributed by atoms with Gasteiger partial charge in [0.25, 0.3) is 0 Å². The van der Waals surface area contributed by atoms with Crippen LogP contribution in [0.3, 0.4) is 0 Å². The molecule has 0 heterocycles. The molecule has 0 fully saturated rings. The van der Waals surface area contributed by atoms with Gasteiger partial charge in [0.05, 0.1) is 0 Å². The van der Waals surface area contributed by atoms with E-state index in [-0.39, 0.29) is 0 Å². The quantitative estimate of drug-likeness (QED) is 0.241. The Labute approximate surface area is 160 Å². The van der Waals surface area contributed by atoms with E-state index in [9.17, 15) is 13.2 Å². The van der Waals surface area contributed by atoms with E-state index in [2.05, 4.69) is 6.92 Å². The summed E-state index contributed by atoms with van der Waals surface area (Å²) in [5, 5.41) is 0. The van der Waals surface area contributed by atoms with Crippen molar-refractivity contribution in [1.82, 2.24) is 0 Å². The number of benzene rings is 1. The molecule has 0 bridgehead atoms. The molecule has 0 aromatic heterocycles. The minimum atomic E-state index is -4.47. The first kappa shape index (κ1) is 22.9. The molecule has 1 aromatic carbocycles. The summed E-state index contributed by atoms with van der Waals surface area (Å²) in [5.74, 6) is 0. The van der Waals surface area contributed by atoms with Crippen LogP contribution in [-0.4, -0.2) is 17.6 Å². The van der Waals surface area contributed by atoms with Gasteiger partial charge in [-0.2, -0.15) is 0 Å². The van der Waals surface area contributed by atoms with Gasteiger partial charge in [-0.15, -0.1) is 0 Å². The van der Waals surface area contributed by atoms with Crippen LogP contribution in [0.25, 0.3) is 0 Å². The Bertz CT molecular complexity index is 513. The monoisotopic (exact) mass is 456 g/mol. The van der Waals surface area contributed by atoms with Gasteiger partial charge in [0.15, 0.2) is 0 Å². The molecule has 0 N–H and O–H groups in total. The number of allylic oxidation sites excluding steroid dienone is 2. The maximum atomic E-state index is 13.5. The van der Waals surface area contributed by atoms with Crippen molar-refractivity contribution in [2.45, 2.75) is 70.9 Å². The first-order chi connectivity index (χ1) is 11.8. The molecular formula is C19H27Cl2F3Ge. The van der Waals surface area contributed by atoms with Crippen molar-refractivity contribution in [3.05, 3.63) is 40.8 Å². The second kappa shape index (κ2) is 11.6. The van der Waals surface area contributed by atoms with Crippen molar-refractivity contribution in [2.75, 3.05) is 0 Å². The Kier molecular flexibility index (Phi) is 10.6. The Morgan fingerprint density at radius 2 is 1.44 bits per heavy atom. The van der Waals surface area contributed by atoms with Crippen LogP contribution >= 0.6 is 20.0 Å². The SMILES string of the molecule is CCCCCCCCCC/C=[C](\C(F)(F)F)[Ge]([Cl])([Cl])[c]1ccccc1. The van der Waals surface area contributed by atoms with Gasteiger partial charge in [0.1, 0.15) is 0 Å². The van der Waals surface area contributed by atoms with E-state index in [0.29, 0.717) is 10.8 Å². The van der Waals surface area contributed by atoms with Gasteiger partial charge >= 0.3 is 161 Å². The molecular weight excluding hydrogens is 429 g/mol. The predicted molar refractivity (Wildman–Crippen MR) is 105 cm³/mol. The number of hydrogen-bond acceptors (Lipinski definition) is 0. The predicted octanol–water partition coefficient (Wildman–Crippen LogP) is 7.37. The molecule has 0 aliphatic rings. The van der Waals surface area contributed by atoms with Crippen LogP contribution in [0.2, 0.25) is 0 Å². The fourth-order valence-electron chi connectivity index (χ4n) is 2.75. The van der Waals surface area contributed by atoms with Crippen molar-refractivity contribution < 1.29 is 13.2 Å². The molecule has 0 nitrogen and oxygen atoms in total. The first-order valence-electron chi connectivity index (χ1n) is 9.01. The second-order valence-electron chi connectivity index (χ2n) is 6.32. The van der Waals surface area contributed by atoms with Crippen molar-refractivity contribution in [1.29, 1.82) is 0 Å². The number of alkyl halides is 3. The molecule has 6 heteroatoms. The normalized spacial score (nSPS) is 13.3. The van der Waals surface area contributed by atoms with E-state index in [1.807, 2.05) is 0 Å². The van der Waals surface area contributed by atoms with Gasteiger partial charge in [-0.25, -0.2) is 0 Å². The molecule has 142 valence electrons. The molecule has 1 aromatic rings. The fourth-order valence-corrected chi connectivity index (χ4v) is 9.50. The van der Waals surface area contributed by atoms with E-state index < -0.39 is 22.0 Å². The third-order valence-corrected chi connectivity index (χ3v) is 13.2. The summed E-state index contributed by atoms with van der Waals surface area (Å²) in [5.41, 5.74) is 0. The summed E-state index contributed by atoms with van der Waals surface area (Å²) in [7, 11) is 12.6. The zero-order valence-electron chi connectivity index (χ0n) is 14.7. The number of halogens is 5. The van der Waals surface area contributed by atoms with E-state index in [1.165, 1.54) is 31.8 Å². The Morgan fingerprint density at radius 3 is 1.96 bits per heavy atom. The summed E-state index contributed by atoms with van der Waals surface area (Å²) >= 11 is -4.34. The zero-order valence-corrected chi connectivity index (χ0v) is 18.3. The number of unbranched alkanes of at least 4 members (excludes halogenated alkanes) is 8. The molecule has 1 rings (SSSR count). The van der Waals surface area contributed by atoms with E-state index in [4.69, 9.17) is 20.0 Å². The van der Waals surface area contributed by atoms with Gasteiger partial charge in [0.2, 0.25) is 0 Å². The molecule has 0 unspecified atom stereocenters. The van der Waals surface area contributed by atoms with Crippen LogP contribution in [0.5, 0.6) is 0 Å². The third kappa shape index (κ3) is 8.40. The molecule has 0 atom stereocenters. The van der Waals surface area contributed by atoms with Crippen molar-refractivity contribution in [3.63, 3.8) is 0 Å². The van der Waals surface area contributed by atoms with Crippen molar-refractivity contribution in [2.24, 2.45) is 0 Å². The van der Waals surface area contributed by atoms with E-state index in [1.54, 1.807) is 30.3 Å². The van der Waals surface area contributed by atoms with Crippen LogP contribution in [0.15, 0.2) is 40.8 Å². The van der Waals surface area contributed by atoms with E-state index in [0.717, 1.165) is 25.7 Å². The Hall–Kier alpha value is -0.127. The summed E-state index contributed by atoms with van der Waals surface area (Å²) in [4.78, 5) is 0. The molecule has 0 spiro atoms. The molecule has 0 saturated carbocycles. The summed E-state index contributed by atoms with van der Waals surface area (Å²) in [6, 6.07) is 8.28. The summed E-state index contributed by atoms with van der Waals surface area (Å²) in [6.07, 6.45) is 6.02. The third-order valence-electron chi connectivity index (χ3n) is 4.19. The van der Waals surface area contributed by atoms with Crippen LogP contribution in [0.1, 0.15) is 64.7 Å². The van der Waals surface area contributed by atoms with Gasteiger partial charge in [0, 0.05) is 0 Å². The summed E-state index contributed by atoms with van der Waals surface area (Å²) < 4.78 is 40.1. The Morgan fingerprint density at radius 1 is 0.920 bits per heavy atom. The second-order valence-corrected chi connectivity index (χ2v) is 18.0. The van der Waals surface area contributed by atoms with Gasteiger partial charge in [-0.1, -0.05) is 0 Å². The Balaban J connectivity index is 2.58. The molecule has 0 aliphatic heterocycles. The van der Waals surface area contributed by atoms with Crippen LogP contribution in [0, 0.1) is 0 Å².